The smallest absolute Gasteiger partial charge is 0.282 e. The number of rotatable bonds is 3. The summed E-state index contributed by atoms with van der Waals surface area (Å²) in [4.78, 5) is 31.4. The van der Waals surface area contributed by atoms with Crippen LogP contribution in [0, 0.1) is 27.7 Å². The number of aryl methyl sites for hydroxylation is 4. The summed E-state index contributed by atoms with van der Waals surface area (Å²) in [6.45, 7) is 8.36. The van der Waals surface area contributed by atoms with Crippen molar-refractivity contribution < 1.29 is 0 Å². The lowest BCUT2D eigenvalue weighted by molar-refractivity contribution is 0.656. The number of imidazole rings is 2. The highest BCUT2D eigenvalue weighted by atomic mass is 16.2. The number of nitrogens with zero attached hydrogens (tertiary/aromatic N) is 5. The molecule has 7 nitrogen and oxygen atoms in total. The van der Waals surface area contributed by atoms with Crippen LogP contribution in [-0.2, 0) is 13.6 Å². The highest BCUT2D eigenvalue weighted by molar-refractivity contribution is 5.77. The third-order valence-corrected chi connectivity index (χ3v) is 6.30. The van der Waals surface area contributed by atoms with E-state index >= 15 is 0 Å². The Hall–Kier alpha value is -3.87. The molecule has 5 rings (SSSR count). The molecule has 5 aromatic rings. The van der Waals surface area contributed by atoms with Crippen LogP contribution < -0.4 is 11.2 Å². The van der Waals surface area contributed by atoms with Crippen molar-refractivity contribution in [3.63, 3.8) is 0 Å². The van der Waals surface area contributed by atoms with Gasteiger partial charge >= 0.3 is 5.69 Å². The summed E-state index contributed by atoms with van der Waals surface area (Å²) in [5.74, 6) is 0.631. The van der Waals surface area contributed by atoms with E-state index in [-0.39, 0.29) is 17.8 Å². The summed E-state index contributed by atoms with van der Waals surface area (Å²) in [7, 11) is 1.67. The van der Waals surface area contributed by atoms with Crippen LogP contribution in [0.15, 0.2) is 58.1 Å². The summed E-state index contributed by atoms with van der Waals surface area (Å²) >= 11 is 0. The number of benzene rings is 2. The first-order valence-corrected chi connectivity index (χ1v) is 10.6. The van der Waals surface area contributed by atoms with E-state index in [0.717, 1.165) is 28.2 Å². The summed E-state index contributed by atoms with van der Waals surface area (Å²) in [5, 5.41) is 0. The molecule has 0 saturated heterocycles. The molecule has 0 bridgehead atoms. The van der Waals surface area contributed by atoms with Gasteiger partial charge in [-0.05, 0) is 44.9 Å². The van der Waals surface area contributed by atoms with Gasteiger partial charge in [0.1, 0.15) is 0 Å². The van der Waals surface area contributed by atoms with Crippen LogP contribution in [0.4, 0.5) is 0 Å². The maximum absolute atomic E-state index is 13.6. The van der Waals surface area contributed by atoms with Gasteiger partial charge in [-0.3, -0.25) is 22.9 Å². The molecule has 0 unspecified atom stereocenters. The molecule has 3 aromatic heterocycles. The normalized spacial score (nSPS) is 11.7. The second-order valence-corrected chi connectivity index (χ2v) is 8.43. The average Bonchev–Trinajstić information content (AvgIpc) is 3.27. The van der Waals surface area contributed by atoms with Crippen molar-refractivity contribution in [3.05, 3.63) is 97.4 Å². The Morgan fingerprint density at radius 2 is 1.62 bits per heavy atom. The van der Waals surface area contributed by atoms with Crippen LogP contribution in [0.5, 0.6) is 0 Å². The zero-order valence-electron chi connectivity index (χ0n) is 18.9. The van der Waals surface area contributed by atoms with Crippen molar-refractivity contribution >= 4 is 16.9 Å². The molecule has 0 atom stereocenters. The van der Waals surface area contributed by atoms with Crippen molar-refractivity contribution in [2.45, 2.75) is 34.2 Å². The van der Waals surface area contributed by atoms with Gasteiger partial charge in [-0.15, -0.1) is 0 Å². The van der Waals surface area contributed by atoms with E-state index < -0.39 is 0 Å². The van der Waals surface area contributed by atoms with Crippen molar-refractivity contribution in [2.24, 2.45) is 7.05 Å². The van der Waals surface area contributed by atoms with Crippen LogP contribution in [0.2, 0.25) is 0 Å². The van der Waals surface area contributed by atoms with Crippen LogP contribution in [-0.4, -0.2) is 23.1 Å². The topological polar surface area (TPSA) is 66.2 Å². The quantitative estimate of drug-likeness (QED) is 0.443. The van der Waals surface area contributed by atoms with E-state index in [1.807, 2.05) is 48.6 Å². The van der Waals surface area contributed by atoms with Gasteiger partial charge in [-0.2, -0.15) is 4.98 Å². The zero-order chi connectivity index (χ0) is 22.7. The molecule has 0 fully saturated rings. The molecule has 7 heteroatoms. The van der Waals surface area contributed by atoms with Gasteiger partial charge in [0.2, 0.25) is 5.78 Å². The Balaban J connectivity index is 1.87. The summed E-state index contributed by atoms with van der Waals surface area (Å²) in [6.07, 6.45) is 0. The molecule has 0 N–H and O–H groups in total. The number of fused-ring (bicyclic) bond motifs is 3. The van der Waals surface area contributed by atoms with Gasteiger partial charge in [-0.1, -0.05) is 48.0 Å². The van der Waals surface area contributed by atoms with Crippen molar-refractivity contribution in [1.29, 1.82) is 0 Å². The maximum atomic E-state index is 13.6. The summed E-state index contributed by atoms with van der Waals surface area (Å²) in [6, 6.07) is 15.8. The molecule has 0 saturated carbocycles. The fraction of sp³-hybridized carbons (Fsp3) is 0.240. The molecule has 0 aliphatic carbocycles. The average molecular weight is 428 g/mol. The number of aromatic nitrogens is 5. The Kier molecular flexibility index (Phi) is 4.44. The van der Waals surface area contributed by atoms with E-state index in [4.69, 9.17) is 4.98 Å². The molecule has 0 spiro atoms. The van der Waals surface area contributed by atoms with Crippen molar-refractivity contribution in [2.75, 3.05) is 0 Å². The van der Waals surface area contributed by atoms with Gasteiger partial charge in [-0.25, -0.2) is 4.79 Å². The monoisotopic (exact) mass is 427 g/mol. The van der Waals surface area contributed by atoms with Crippen LogP contribution in [0.3, 0.4) is 0 Å². The first kappa shape index (κ1) is 20.1. The fourth-order valence-corrected chi connectivity index (χ4v) is 4.50. The Bertz CT molecular complexity index is 1630. The highest BCUT2D eigenvalue weighted by Gasteiger charge is 2.23. The van der Waals surface area contributed by atoms with Gasteiger partial charge in [0.05, 0.1) is 12.2 Å². The third kappa shape index (κ3) is 2.77. The Labute approximate surface area is 184 Å². The highest BCUT2D eigenvalue weighted by Crippen LogP contribution is 2.26. The molecule has 3 heterocycles. The first-order valence-electron chi connectivity index (χ1n) is 10.6. The molecule has 2 aromatic carbocycles. The van der Waals surface area contributed by atoms with E-state index in [1.165, 1.54) is 14.7 Å². The maximum Gasteiger partial charge on any atom is 0.332 e. The lowest BCUT2D eigenvalue weighted by Crippen LogP contribution is -2.39. The van der Waals surface area contributed by atoms with E-state index in [9.17, 15) is 9.59 Å². The molecule has 0 aliphatic heterocycles. The summed E-state index contributed by atoms with van der Waals surface area (Å²) < 4.78 is 6.70. The fourth-order valence-electron chi connectivity index (χ4n) is 4.50. The van der Waals surface area contributed by atoms with Crippen molar-refractivity contribution in [3.8, 4) is 5.69 Å². The minimum atomic E-state index is -0.375. The summed E-state index contributed by atoms with van der Waals surface area (Å²) in [5.41, 5.74) is 6.23. The van der Waals surface area contributed by atoms with Crippen LogP contribution in [0.1, 0.15) is 28.1 Å². The lowest BCUT2D eigenvalue weighted by Gasteiger charge is -2.11. The van der Waals surface area contributed by atoms with Crippen LogP contribution >= 0.6 is 0 Å². The molecule has 0 radical (unpaired) electrons. The standard InChI is InChI=1S/C25H25N5O2/c1-15-11-12-20(16(2)13-15)29-17(3)18(4)30-21-22(26-24(29)30)27(5)25(32)28(23(21)31)14-19-9-7-6-8-10-19/h6-13H,14H2,1-5H3. The second-order valence-electron chi connectivity index (χ2n) is 8.43. The predicted molar refractivity (Wildman–Crippen MR) is 126 cm³/mol. The zero-order valence-corrected chi connectivity index (χ0v) is 18.9. The SMILES string of the molecule is Cc1ccc(-n2c(C)c(C)n3c4c(=O)n(Cc5ccccc5)c(=O)n(C)c4nc23)c(C)c1. The van der Waals surface area contributed by atoms with Gasteiger partial charge < -0.3 is 0 Å². The molecule has 0 amide bonds. The Morgan fingerprint density at radius 1 is 0.906 bits per heavy atom. The van der Waals surface area contributed by atoms with E-state index in [0.29, 0.717) is 16.9 Å². The molecule has 162 valence electrons. The third-order valence-electron chi connectivity index (χ3n) is 6.30. The van der Waals surface area contributed by atoms with Crippen LogP contribution in [0.25, 0.3) is 22.6 Å². The van der Waals surface area contributed by atoms with E-state index in [1.54, 1.807) is 7.05 Å². The first-order chi connectivity index (χ1) is 15.3. The van der Waals surface area contributed by atoms with Gasteiger partial charge in [0.15, 0.2) is 11.2 Å². The minimum Gasteiger partial charge on any atom is -0.282 e. The van der Waals surface area contributed by atoms with Crippen molar-refractivity contribution in [1.82, 2.24) is 23.1 Å². The minimum absolute atomic E-state index is 0.214. The largest absolute Gasteiger partial charge is 0.332 e. The predicted octanol–water partition coefficient (Wildman–Crippen LogP) is 3.42. The molecular formula is C25H25N5O2. The Morgan fingerprint density at radius 3 is 2.31 bits per heavy atom. The number of hydrogen-bond donors (Lipinski definition) is 0. The lowest BCUT2D eigenvalue weighted by atomic mass is 10.1. The van der Waals surface area contributed by atoms with E-state index in [2.05, 4.69) is 36.6 Å². The van der Waals surface area contributed by atoms with Gasteiger partial charge in [0.25, 0.3) is 5.56 Å². The van der Waals surface area contributed by atoms with Gasteiger partial charge in [0, 0.05) is 18.4 Å². The number of hydrogen-bond acceptors (Lipinski definition) is 3. The molecule has 32 heavy (non-hydrogen) atoms. The molecular weight excluding hydrogens is 402 g/mol. The second kappa shape index (κ2) is 7.09. The molecule has 0 aliphatic rings.